The number of benzene rings is 2. The number of rotatable bonds is 10. The van der Waals surface area contributed by atoms with E-state index in [0.29, 0.717) is 22.6 Å². The van der Waals surface area contributed by atoms with Gasteiger partial charge >= 0.3 is 0 Å². The number of hydrogen-bond donors (Lipinski definition) is 3. The van der Waals surface area contributed by atoms with Gasteiger partial charge in [-0.15, -0.1) is 0 Å². The van der Waals surface area contributed by atoms with Gasteiger partial charge in [0.2, 0.25) is 0 Å². The maximum atomic E-state index is 15.0. The van der Waals surface area contributed by atoms with E-state index in [2.05, 4.69) is 6.92 Å². The van der Waals surface area contributed by atoms with Crippen molar-refractivity contribution in [3.8, 4) is 11.1 Å². The molecular formula is C27H36F2O3. The lowest BCUT2D eigenvalue weighted by atomic mass is 9.76. The lowest BCUT2D eigenvalue weighted by molar-refractivity contribution is 0.0641. The Morgan fingerprint density at radius 1 is 0.812 bits per heavy atom. The summed E-state index contributed by atoms with van der Waals surface area (Å²) in [5.74, 6) is -0.801. The smallest absolute Gasteiger partial charge is 0.166 e. The zero-order valence-corrected chi connectivity index (χ0v) is 19.0. The highest BCUT2D eigenvalue weighted by molar-refractivity contribution is 5.65. The van der Waals surface area contributed by atoms with Crippen LogP contribution >= 0.6 is 0 Å². The van der Waals surface area contributed by atoms with Gasteiger partial charge in [-0.05, 0) is 54.2 Å². The minimum atomic E-state index is -1.17. The molecule has 0 bridgehead atoms. The molecule has 0 aromatic heterocycles. The molecule has 0 unspecified atom stereocenters. The second-order valence-electron chi connectivity index (χ2n) is 9.38. The average Bonchev–Trinajstić information content (AvgIpc) is 2.84. The molecule has 176 valence electrons. The Labute approximate surface area is 190 Å². The van der Waals surface area contributed by atoms with Crippen molar-refractivity contribution in [2.45, 2.75) is 69.6 Å². The van der Waals surface area contributed by atoms with Crippen LogP contribution in [0.15, 0.2) is 36.4 Å². The third kappa shape index (κ3) is 5.22. The highest BCUT2D eigenvalue weighted by Crippen LogP contribution is 2.40. The standard InChI is InChI=1S/C27H36F2O3/c1-2-3-4-5-19-6-8-20(9-7-19)23-14-15-24(26(29)25(23)28)21-10-12-22(13-11-21)27(16-30,17-31)18-32/h10-15,19-20,30-32H,2-9,16-18H2,1H3. The predicted molar refractivity (Wildman–Crippen MR) is 124 cm³/mol. The van der Waals surface area contributed by atoms with Crippen molar-refractivity contribution in [2.24, 2.45) is 5.92 Å². The van der Waals surface area contributed by atoms with Gasteiger partial charge in [-0.1, -0.05) is 69.0 Å². The summed E-state index contributed by atoms with van der Waals surface area (Å²) in [6.45, 7) is 0.951. The molecule has 0 heterocycles. The second-order valence-corrected chi connectivity index (χ2v) is 9.38. The van der Waals surface area contributed by atoms with Crippen molar-refractivity contribution in [3.05, 3.63) is 59.2 Å². The van der Waals surface area contributed by atoms with Gasteiger partial charge < -0.3 is 15.3 Å². The molecule has 3 nitrogen and oxygen atoms in total. The van der Waals surface area contributed by atoms with Crippen LogP contribution in [0.25, 0.3) is 11.1 Å². The van der Waals surface area contributed by atoms with Crippen LogP contribution in [0.1, 0.15) is 75.3 Å². The summed E-state index contributed by atoms with van der Waals surface area (Å²) < 4.78 is 30.1. The van der Waals surface area contributed by atoms with Crippen LogP contribution in [-0.2, 0) is 5.41 Å². The summed E-state index contributed by atoms with van der Waals surface area (Å²) in [7, 11) is 0. The molecule has 0 saturated heterocycles. The van der Waals surface area contributed by atoms with Crippen molar-refractivity contribution in [3.63, 3.8) is 0 Å². The largest absolute Gasteiger partial charge is 0.395 e. The fourth-order valence-electron chi connectivity index (χ4n) is 4.97. The zero-order valence-electron chi connectivity index (χ0n) is 19.0. The van der Waals surface area contributed by atoms with E-state index in [1.807, 2.05) is 0 Å². The average molecular weight is 447 g/mol. The molecule has 1 saturated carbocycles. The summed E-state index contributed by atoms with van der Waals surface area (Å²) in [4.78, 5) is 0. The normalized spacial score (nSPS) is 19.3. The molecule has 0 atom stereocenters. The minimum Gasteiger partial charge on any atom is -0.395 e. The predicted octanol–water partition coefficient (Wildman–Crippen LogP) is 5.70. The van der Waals surface area contributed by atoms with Crippen molar-refractivity contribution in [1.29, 1.82) is 0 Å². The van der Waals surface area contributed by atoms with Crippen molar-refractivity contribution in [1.82, 2.24) is 0 Å². The van der Waals surface area contributed by atoms with Crippen LogP contribution in [0.4, 0.5) is 8.78 Å². The third-order valence-electron chi connectivity index (χ3n) is 7.33. The van der Waals surface area contributed by atoms with Crippen molar-refractivity contribution < 1.29 is 24.1 Å². The Bertz CT molecular complexity index is 846. The lowest BCUT2D eigenvalue weighted by Crippen LogP contribution is -2.38. The van der Waals surface area contributed by atoms with E-state index in [1.165, 1.54) is 25.7 Å². The van der Waals surface area contributed by atoms with E-state index in [-0.39, 0.29) is 11.5 Å². The fourth-order valence-corrected chi connectivity index (χ4v) is 4.97. The first-order chi connectivity index (χ1) is 15.5. The van der Waals surface area contributed by atoms with Crippen LogP contribution in [0.2, 0.25) is 0 Å². The first kappa shape index (κ1) is 24.8. The Kier molecular flexibility index (Phi) is 8.80. The van der Waals surface area contributed by atoms with Gasteiger partial charge in [0.15, 0.2) is 11.6 Å². The molecule has 1 aliphatic carbocycles. The third-order valence-corrected chi connectivity index (χ3v) is 7.33. The molecule has 3 rings (SSSR count). The molecular weight excluding hydrogens is 410 g/mol. The highest BCUT2D eigenvalue weighted by atomic mass is 19.2. The summed E-state index contributed by atoms with van der Waals surface area (Å²) in [5, 5.41) is 28.8. The van der Waals surface area contributed by atoms with Gasteiger partial charge in [-0.25, -0.2) is 8.78 Å². The molecule has 0 spiro atoms. The summed E-state index contributed by atoms with van der Waals surface area (Å²) >= 11 is 0. The molecule has 32 heavy (non-hydrogen) atoms. The number of aliphatic hydroxyl groups excluding tert-OH is 3. The Hall–Kier alpha value is -1.82. The van der Waals surface area contributed by atoms with Crippen molar-refractivity contribution in [2.75, 3.05) is 19.8 Å². The van der Waals surface area contributed by atoms with Gasteiger partial charge in [0.1, 0.15) is 0 Å². The zero-order chi connectivity index (χ0) is 23.1. The molecule has 2 aromatic rings. The number of hydrogen-bond acceptors (Lipinski definition) is 3. The van der Waals surface area contributed by atoms with E-state index < -0.39 is 36.9 Å². The van der Waals surface area contributed by atoms with Crippen LogP contribution in [-0.4, -0.2) is 35.1 Å². The summed E-state index contributed by atoms with van der Waals surface area (Å²) in [6, 6.07) is 9.89. The van der Waals surface area contributed by atoms with E-state index in [4.69, 9.17) is 0 Å². The van der Waals surface area contributed by atoms with Gasteiger partial charge in [0.05, 0.1) is 25.2 Å². The molecule has 1 aliphatic rings. The first-order valence-electron chi connectivity index (χ1n) is 11.9. The number of halogens is 2. The number of aliphatic hydroxyl groups is 3. The van der Waals surface area contributed by atoms with Gasteiger partial charge in [0.25, 0.3) is 0 Å². The van der Waals surface area contributed by atoms with Crippen LogP contribution < -0.4 is 0 Å². The van der Waals surface area contributed by atoms with Crippen LogP contribution in [0.5, 0.6) is 0 Å². The van der Waals surface area contributed by atoms with Crippen molar-refractivity contribution >= 4 is 0 Å². The Balaban J connectivity index is 1.74. The summed E-state index contributed by atoms with van der Waals surface area (Å²) in [6.07, 6.45) is 8.99. The molecule has 2 aromatic carbocycles. The van der Waals surface area contributed by atoms with Gasteiger partial charge in [0, 0.05) is 5.56 Å². The van der Waals surface area contributed by atoms with E-state index in [1.54, 1.807) is 36.4 Å². The van der Waals surface area contributed by atoms with E-state index in [0.717, 1.165) is 25.7 Å². The highest BCUT2D eigenvalue weighted by Gasteiger charge is 2.31. The maximum absolute atomic E-state index is 15.0. The first-order valence-corrected chi connectivity index (χ1v) is 11.9. The molecule has 0 aliphatic heterocycles. The lowest BCUT2D eigenvalue weighted by Gasteiger charge is -2.29. The topological polar surface area (TPSA) is 60.7 Å². The Morgan fingerprint density at radius 3 is 2.00 bits per heavy atom. The monoisotopic (exact) mass is 446 g/mol. The maximum Gasteiger partial charge on any atom is 0.166 e. The summed E-state index contributed by atoms with van der Waals surface area (Å²) in [5.41, 5.74) is 0.561. The molecule has 5 heteroatoms. The second kappa shape index (κ2) is 11.4. The quantitative estimate of drug-likeness (QED) is 0.410. The van der Waals surface area contributed by atoms with Gasteiger partial charge in [-0.3, -0.25) is 0 Å². The Morgan fingerprint density at radius 2 is 1.44 bits per heavy atom. The van der Waals surface area contributed by atoms with E-state index >= 15 is 8.78 Å². The molecule has 1 fully saturated rings. The fraction of sp³-hybridized carbons (Fsp3) is 0.556. The molecule has 3 N–H and O–H groups in total. The minimum absolute atomic E-state index is 0.0719. The molecule has 0 amide bonds. The van der Waals surface area contributed by atoms with Crippen LogP contribution in [0, 0.1) is 17.6 Å². The molecule has 0 radical (unpaired) electrons. The van der Waals surface area contributed by atoms with Gasteiger partial charge in [-0.2, -0.15) is 0 Å². The van der Waals surface area contributed by atoms with Crippen LogP contribution in [0.3, 0.4) is 0 Å². The SMILES string of the molecule is CCCCCC1CCC(c2ccc(-c3ccc(C(CO)(CO)CO)cc3)c(F)c2F)CC1. The number of unbranched alkanes of at least 4 members (excludes halogenated alkanes) is 2. The van der Waals surface area contributed by atoms with E-state index in [9.17, 15) is 15.3 Å².